The third-order valence-corrected chi connectivity index (χ3v) is 7.19. The van der Waals surface area contributed by atoms with E-state index in [4.69, 9.17) is 9.84 Å². The summed E-state index contributed by atoms with van der Waals surface area (Å²) in [6, 6.07) is 8.36. The van der Waals surface area contributed by atoms with Crippen LogP contribution in [0, 0.1) is 26.7 Å². The summed E-state index contributed by atoms with van der Waals surface area (Å²) in [5.74, 6) is 0.831. The summed E-state index contributed by atoms with van der Waals surface area (Å²) in [4.78, 5) is 17.5. The number of fused-ring (bicyclic) bond motifs is 1. The molecule has 1 aromatic carbocycles. The van der Waals surface area contributed by atoms with E-state index in [1.54, 1.807) is 0 Å². The topological polar surface area (TPSA) is 88.4 Å². The van der Waals surface area contributed by atoms with Crippen molar-refractivity contribution in [1.29, 1.82) is 0 Å². The summed E-state index contributed by atoms with van der Waals surface area (Å²) in [6.45, 7) is 12.6. The molecule has 0 unspecified atom stereocenters. The number of hydrogen-bond acceptors (Lipinski definition) is 7. The Hall–Kier alpha value is -3.04. The molecule has 1 amide bonds. The van der Waals surface area contributed by atoms with Gasteiger partial charge in [0.1, 0.15) is 5.52 Å². The Morgan fingerprint density at radius 1 is 1.09 bits per heavy atom. The normalized spacial score (nSPS) is 19.3. The first-order valence-electron chi connectivity index (χ1n) is 12.6. The first-order chi connectivity index (χ1) is 17.0. The van der Waals surface area contributed by atoms with Crippen molar-refractivity contribution >= 4 is 22.6 Å². The third-order valence-electron chi connectivity index (χ3n) is 7.19. The number of nitrogens with zero attached hydrogens (tertiary/aromatic N) is 6. The highest BCUT2D eigenvalue weighted by atomic mass is 16.5. The predicted molar refractivity (Wildman–Crippen MR) is 136 cm³/mol. The number of aromatic nitrogens is 4. The fourth-order valence-electron chi connectivity index (χ4n) is 5.15. The van der Waals surface area contributed by atoms with Crippen LogP contribution in [0.4, 0.5) is 5.82 Å². The number of aryl methyl sites for hydroxylation is 3. The number of carbonyl (C=O) groups excluding carboxylic acids is 1. The zero-order valence-corrected chi connectivity index (χ0v) is 21.0. The van der Waals surface area contributed by atoms with E-state index in [9.17, 15) is 4.79 Å². The van der Waals surface area contributed by atoms with Gasteiger partial charge in [0.25, 0.3) is 0 Å². The molecule has 186 valence electrons. The lowest BCUT2D eigenvalue weighted by Crippen LogP contribution is -2.46. The molecule has 9 heteroatoms. The number of benzene rings is 1. The second kappa shape index (κ2) is 10.3. The molecule has 0 spiro atoms. The minimum Gasteiger partial charge on any atom is -0.379 e. The number of piperidine rings is 1. The molecule has 9 nitrogen and oxygen atoms in total. The molecule has 2 aliphatic rings. The number of morpholine rings is 1. The number of carbonyl (C=O) groups is 1. The molecule has 0 aliphatic carbocycles. The quantitative estimate of drug-likeness (QED) is 0.583. The first kappa shape index (κ1) is 23.7. The third kappa shape index (κ3) is 5.01. The Morgan fingerprint density at radius 2 is 1.86 bits per heavy atom. The van der Waals surface area contributed by atoms with Gasteiger partial charge in [-0.25, -0.2) is 4.68 Å². The van der Waals surface area contributed by atoms with E-state index >= 15 is 0 Å². The van der Waals surface area contributed by atoms with Crippen LogP contribution in [-0.2, 0) is 9.53 Å². The van der Waals surface area contributed by atoms with Crippen molar-refractivity contribution in [3.8, 4) is 5.69 Å². The minimum atomic E-state index is -0.0631. The van der Waals surface area contributed by atoms with Gasteiger partial charge in [0.2, 0.25) is 5.91 Å². The SMILES string of the molecule is Cc1ccc(-n2nc3c(N4CCC[C@H](C(=O)NCCN5CCOCC5)C4)nnc(C)c3c2C)cc1. The maximum Gasteiger partial charge on any atom is 0.224 e. The Balaban J connectivity index is 1.33. The molecule has 4 heterocycles. The second-order valence-corrected chi connectivity index (χ2v) is 9.70. The van der Waals surface area contributed by atoms with E-state index in [0.717, 1.165) is 86.0 Å². The summed E-state index contributed by atoms with van der Waals surface area (Å²) in [7, 11) is 0. The standard InChI is InChI=1S/C26H35N7O2/c1-18-6-8-22(9-7-18)33-20(3)23-19(2)28-29-25(24(23)30-33)32-11-4-5-21(17-32)26(34)27-10-12-31-13-15-35-16-14-31/h6-9,21H,4-5,10-17H2,1-3H3,(H,27,34)/t21-/m0/s1. The molecule has 0 bridgehead atoms. The van der Waals surface area contributed by atoms with Gasteiger partial charge in [-0.1, -0.05) is 17.7 Å². The number of rotatable bonds is 6. The molecular weight excluding hydrogens is 442 g/mol. The van der Waals surface area contributed by atoms with Crippen molar-refractivity contribution in [2.75, 3.05) is 57.4 Å². The number of amides is 1. The van der Waals surface area contributed by atoms with E-state index in [-0.39, 0.29) is 11.8 Å². The van der Waals surface area contributed by atoms with Crippen molar-refractivity contribution in [2.24, 2.45) is 5.92 Å². The van der Waals surface area contributed by atoms with E-state index in [1.807, 2.05) is 11.6 Å². The molecule has 2 aromatic heterocycles. The molecule has 1 N–H and O–H groups in total. The summed E-state index contributed by atoms with van der Waals surface area (Å²) < 4.78 is 7.38. The lowest BCUT2D eigenvalue weighted by atomic mass is 9.97. The van der Waals surface area contributed by atoms with Crippen molar-refractivity contribution < 1.29 is 9.53 Å². The van der Waals surface area contributed by atoms with Gasteiger partial charge in [-0.3, -0.25) is 9.69 Å². The molecule has 2 fully saturated rings. The van der Waals surface area contributed by atoms with Crippen LogP contribution in [0.3, 0.4) is 0 Å². The van der Waals surface area contributed by atoms with E-state index in [1.165, 1.54) is 5.56 Å². The van der Waals surface area contributed by atoms with Crippen LogP contribution >= 0.6 is 0 Å². The Kier molecular flexibility index (Phi) is 6.97. The summed E-state index contributed by atoms with van der Waals surface area (Å²) in [5, 5.41) is 18.2. The van der Waals surface area contributed by atoms with Crippen LogP contribution in [0.2, 0.25) is 0 Å². The smallest absolute Gasteiger partial charge is 0.224 e. The van der Waals surface area contributed by atoms with Gasteiger partial charge in [-0.05, 0) is 45.7 Å². The lowest BCUT2D eigenvalue weighted by Gasteiger charge is -2.33. The molecule has 35 heavy (non-hydrogen) atoms. The Morgan fingerprint density at radius 3 is 2.63 bits per heavy atom. The minimum absolute atomic E-state index is 0.0631. The molecule has 2 saturated heterocycles. The van der Waals surface area contributed by atoms with Crippen LogP contribution in [0.25, 0.3) is 16.6 Å². The molecule has 2 aliphatic heterocycles. The number of ether oxygens (including phenoxy) is 1. The average Bonchev–Trinajstić information content (AvgIpc) is 3.23. The molecule has 3 aromatic rings. The van der Waals surface area contributed by atoms with Crippen molar-refractivity contribution in [2.45, 2.75) is 33.6 Å². The highest BCUT2D eigenvalue weighted by molar-refractivity contribution is 5.92. The van der Waals surface area contributed by atoms with Gasteiger partial charge in [-0.15, -0.1) is 5.10 Å². The highest BCUT2D eigenvalue weighted by Gasteiger charge is 2.29. The molecule has 1 atom stereocenters. The zero-order chi connectivity index (χ0) is 24.4. The molecule has 5 rings (SSSR count). The molecule has 0 radical (unpaired) electrons. The van der Waals surface area contributed by atoms with Crippen LogP contribution in [0.5, 0.6) is 0 Å². The molecular formula is C26H35N7O2. The fourth-order valence-corrected chi connectivity index (χ4v) is 5.15. The number of hydrogen-bond donors (Lipinski definition) is 1. The largest absolute Gasteiger partial charge is 0.379 e. The van der Waals surface area contributed by atoms with Gasteiger partial charge >= 0.3 is 0 Å². The molecule has 0 saturated carbocycles. The van der Waals surface area contributed by atoms with Crippen molar-refractivity contribution in [3.63, 3.8) is 0 Å². The van der Waals surface area contributed by atoms with Crippen LogP contribution < -0.4 is 10.2 Å². The number of nitrogens with one attached hydrogen (secondary N) is 1. The van der Waals surface area contributed by atoms with Gasteiger partial charge in [-0.2, -0.15) is 10.2 Å². The Labute approximate surface area is 206 Å². The van der Waals surface area contributed by atoms with E-state index in [2.05, 4.69) is 63.4 Å². The van der Waals surface area contributed by atoms with Gasteiger partial charge in [0, 0.05) is 39.3 Å². The van der Waals surface area contributed by atoms with Crippen LogP contribution in [0.15, 0.2) is 24.3 Å². The monoisotopic (exact) mass is 477 g/mol. The zero-order valence-electron chi connectivity index (χ0n) is 21.0. The highest BCUT2D eigenvalue weighted by Crippen LogP contribution is 2.31. The fraction of sp³-hybridized carbons (Fsp3) is 0.538. The number of anilines is 1. The maximum absolute atomic E-state index is 13.0. The van der Waals surface area contributed by atoms with Crippen molar-refractivity contribution in [3.05, 3.63) is 41.2 Å². The summed E-state index contributed by atoms with van der Waals surface area (Å²) in [5.41, 5.74) is 5.00. The van der Waals surface area contributed by atoms with E-state index < -0.39 is 0 Å². The van der Waals surface area contributed by atoms with Crippen LogP contribution in [0.1, 0.15) is 29.8 Å². The summed E-state index contributed by atoms with van der Waals surface area (Å²) >= 11 is 0. The Bertz CT molecular complexity index is 1180. The van der Waals surface area contributed by atoms with Gasteiger partial charge in [0.15, 0.2) is 5.82 Å². The van der Waals surface area contributed by atoms with Crippen LogP contribution in [-0.4, -0.2) is 83.3 Å². The maximum atomic E-state index is 13.0. The average molecular weight is 478 g/mol. The second-order valence-electron chi connectivity index (χ2n) is 9.70. The van der Waals surface area contributed by atoms with Gasteiger partial charge < -0.3 is 15.0 Å². The van der Waals surface area contributed by atoms with E-state index in [0.29, 0.717) is 13.1 Å². The first-order valence-corrected chi connectivity index (χ1v) is 12.6. The van der Waals surface area contributed by atoms with Gasteiger partial charge in [0.05, 0.1) is 41.6 Å². The predicted octanol–water partition coefficient (Wildman–Crippen LogP) is 2.41. The lowest BCUT2D eigenvalue weighted by molar-refractivity contribution is -0.125. The summed E-state index contributed by atoms with van der Waals surface area (Å²) in [6.07, 6.45) is 1.83. The van der Waals surface area contributed by atoms with Crippen molar-refractivity contribution in [1.82, 2.24) is 30.2 Å².